The molecule has 316 valence electrons. The van der Waals surface area contributed by atoms with Gasteiger partial charge in [0, 0.05) is 6.42 Å². The van der Waals surface area contributed by atoms with Crippen molar-refractivity contribution in [1.82, 2.24) is 5.32 Å². The lowest BCUT2D eigenvalue weighted by atomic mass is 10.0. The molecule has 6 heteroatoms. The van der Waals surface area contributed by atoms with Gasteiger partial charge in [0.1, 0.15) is 6.10 Å². The SMILES string of the molecule is CC/C=C/C/C=C/C/C=C/CCCCCCCCC(=O)OC(CCCCCCCCCC)CC(=O)NC(CO)C(O)CCCCCCCCCCCCC. The third kappa shape index (κ3) is 37.0. The van der Waals surface area contributed by atoms with Crippen molar-refractivity contribution in [3.05, 3.63) is 36.5 Å². The van der Waals surface area contributed by atoms with E-state index in [9.17, 15) is 19.8 Å². The van der Waals surface area contributed by atoms with E-state index in [0.717, 1.165) is 77.0 Å². The van der Waals surface area contributed by atoms with Crippen LogP contribution in [0.1, 0.15) is 233 Å². The zero-order valence-electron chi connectivity index (χ0n) is 35.9. The topological polar surface area (TPSA) is 95.9 Å². The van der Waals surface area contributed by atoms with E-state index in [2.05, 4.69) is 62.5 Å². The maximum absolute atomic E-state index is 13.1. The largest absolute Gasteiger partial charge is 0.462 e. The molecule has 0 rings (SSSR count). The molecule has 0 aliphatic heterocycles. The van der Waals surface area contributed by atoms with Crippen LogP contribution < -0.4 is 5.32 Å². The molecule has 0 saturated heterocycles. The Balaban J connectivity index is 4.48. The van der Waals surface area contributed by atoms with Gasteiger partial charge in [0.15, 0.2) is 0 Å². The van der Waals surface area contributed by atoms with E-state index in [-0.39, 0.29) is 24.9 Å². The van der Waals surface area contributed by atoms with Crippen LogP contribution in [0.15, 0.2) is 36.5 Å². The standard InChI is InChI=1S/C48H89NO5/c1-4-7-10-13-16-19-21-22-23-24-25-27-29-32-35-38-41-48(53)54-44(39-36-33-30-18-15-12-9-6-3)42-47(52)49-45(43-50)46(51)40-37-34-31-28-26-20-17-14-11-8-5-2/h7,10,16,19,22-23,44-46,50-51H,4-6,8-9,11-15,17-18,20-21,24-43H2,1-3H3,(H,49,52)/b10-7+,19-16+,23-22+. The van der Waals surface area contributed by atoms with Crippen LogP contribution in [-0.2, 0) is 14.3 Å². The molecular weight excluding hydrogens is 671 g/mol. The molecule has 0 heterocycles. The van der Waals surface area contributed by atoms with Crippen LogP contribution in [0.25, 0.3) is 0 Å². The van der Waals surface area contributed by atoms with E-state index in [4.69, 9.17) is 4.74 Å². The Hall–Kier alpha value is -1.92. The summed E-state index contributed by atoms with van der Waals surface area (Å²) in [6.07, 6.45) is 47.8. The second kappa shape index (κ2) is 42.2. The molecule has 0 aromatic rings. The minimum Gasteiger partial charge on any atom is -0.462 e. The van der Waals surface area contributed by atoms with E-state index in [1.54, 1.807) is 0 Å². The number of amides is 1. The summed E-state index contributed by atoms with van der Waals surface area (Å²) in [5.74, 6) is -0.487. The van der Waals surface area contributed by atoms with Gasteiger partial charge in [-0.15, -0.1) is 0 Å². The van der Waals surface area contributed by atoms with Crippen LogP contribution in [0.5, 0.6) is 0 Å². The second-order valence-corrected chi connectivity index (χ2v) is 15.8. The van der Waals surface area contributed by atoms with Gasteiger partial charge in [-0.25, -0.2) is 0 Å². The highest BCUT2D eigenvalue weighted by Gasteiger charge is 2.24. The third-order valence-corrected chi connectivity index (χ3v) is 10.5. The van der Waals surface area contributed by atoms with Crippen molar-refractivity contribution >= 4 is 11.9 Å². The highest BCUT2D eigenvalue weighted by molar-refractivity contribution is 5.77. The van der Waals surface area contributed by atoms with Crippen molar-refractivity contribution in [2.75, 3.05) is 6.61 Å². The van der Waals surface area contributed by atoms with Crippen LogP contribution in [-0.4, -0.2) is 46.9 Å². The highest BCUT2D eigenvalue weighted by atomic mass is 16.5. The molecule has 6 nitrogen and oxygen atoms in total. The first kappa shape index (κ1) is 52.1. The van der Waals surface area contributed by atoms with E-state index in [1.165, 1.54) is 109 Å². The summed E-state index contributed by atoms with van der Waals surface area (Å²) in [6.45, 7) is 6.33. The van der Waals surface area contributed by atoms with Crippen LogP contribution in [0.3, 0.4) is 0 Å². The Morgan fingerprint density at radius 1 is 0.556 bits per heavy atom. The van der Waals surface area contributed by atoms with Crippen molar-refractivity contribution in [2.45, 2.75) is 251 Å². The number of rotatable bonds is 41. The lowest BCUT2D eigenvalue weighted by molar-refractivity contribution is -0.151. The summed E-state index contributed by atoms with van der Waals surface area (Å²) in [7, 11) is 0. The maximum Gasteiger partial charge on any atom is 0.306 e. The minimum atomic E-state index is -0.784. The van der Waals surface area contributed by atoms with Crippen molar-refractivity contribution in [1.29, 1.82) is 0 Å². The number of nitrogens with one attached hydrogen (secondary N) is 1. The predicted octanol–water partition coefficient (Wildman–Crippen LogP) is 13.3. The average molecular weight is 760 g/mol. The number of allylic oxidation sites excluding steroid dienone is 6. The monoisotopic (exact) mass is 760 g/mol. The molecule has 0 radical (unpaired) electrons. The minimum absolute atomic E-state index is 0.0743. The lowest BCUT2D eigenvalue weighted by Gasteiger charge is -2.24. The molecule has 0 saturated carbocycles. The summed E-state index contributed by atoms with van der Waals surface area (Å²) in [6, 6.07) is -0.698. The van der Waals surface area contributed by atoms with Crippen molar-refractivity contribution in [3.63, 3.8) is 0 Å². The molecule has 0 bridgehead atoms. The number of esters is 1. The van der Waals surface area contributed by atoms with Gasteiger partial charge in [-0.1, -0.05) is 198 Å². The normalized spacial score (nSPS) is 13.6. The summed E-state index contributed by atoms with van der Waals surface area (Å²) in [4.78, 5) is 25.9. The smallest absolute Gasteiger partial charge is 0.306 e. The van der Waals surface area contributed by atoms with Gasteiger partial charge in [-0.3, -0.25) is 9.59 Å². The molecule has 0 aromatic carbocycles. The molecule has 1 amide bonds. The molecule has 0 aliphatic carbocycles. The molecule has 0 aromatic heterocycles. The molecule has 3 N–H and O–H groups in total. The number of hydrogen-bond donors (Lipinski definition) is 3. The number of unbranched alkanes of at least 4 members (excludes halogenated alkanes) is 23. The van der Waals surface area contributed by atoms with Crippen LogP contribution in [0.4, 0.5) is 0 Å². The van der Waals surface area contributed by atoms with Crippen molar-refractivity contribution in [3.8, 4) is 0 Å². The van der Waals surface area contributed by atoms with E-state index >= 15 is 0 Å². The van der Waals surface area contributed by atoms with Gasteiger partial charge in [-0.2, -0.15) is 0 Å². The first-order valence-corrected chi connectivity index (χ1v) is 23.2. The van der Waals surface area contributed by atoms with Crippen molar-refractivity contribution < 1.29 is 24.5 Å². The number of ether oxygens (including phenoxy) is 1. The first-order valence-electron chi connectivity index (χ1n) is 23.2. The second-order valence-electron chi connectivity index (χ2n) is 15.8. The Morgan fingerprint density at radius 2 is 1.00 bits per heavy atom. The Kier molecular flexibility index (Phi) is 40.7. The Morgan fingerprint density at radius 3 is 1.52 bits per heavy atom. The number of hydrogen-bond acceptors (Lipinski definition) is 5. The fraction of sp³-hybridized carbons (Fsp3) is 0.833. The molecule has 0 aliphatic rings. The summed E-state index contributed by atoms with van der Waals surface area (Å²) >= 11 is 0. The van der Waals surface area contributed by atoms with E-state index in [1.807, 2.05) is 0 Å². The number of carbonyl (C=O) groups excluding carboxylic acids is 2. The maximum atomic E-state index is 13.1. The fourth-order valence-electron chi connectivity index (χ4n) is 6.97. The Bertz CT molecular complexity index is 900. The Labute approximate surface area is 334 Å². The molecular formula is C48H89NO5. The van der Waals surface area contributed by atoms with Gasteiger partial charge in [0.25, 0.3) is 0 Å². The number of aliphatic hydroxyl groups excluding tert-OH is 2. The molecule has 0 fully saturated rings. The highest BCUT2D eigenvalue weighted by Crippen LogP contribution is 2.17. The lowest BCUT2D eigenvalue weighted by Crippen LogP contribution is -2.46. The van der Waals surface area contributed by atoms with Crippen LogP contribution in [0.2, 0.25) is 0 Å². The molecule has 3 atom stereocenters. The van der Waals surface area contributed by atoms with Gasteiger partial charge >= 0.3 is 5.97 Å². The van der Waals surface area contributed by atoms with Gasteiger partial charge in [0.05, 0.1) is 25.2 Å². The number of carbonyl (C=O) groups is 2. The zero-order valence-corrected chi connectivity index (χ0v) is 35.9. The van der Waals surface area contributed by atoms with Gasteiger partial charge in [-0.05, 0) is 57.8 Å². The average Bonchev–Trinajstić information content (AvgIpc) is 3.16. The van der Waals surface area contributed by atoms with Crippen molar-refractivity contribution in [2.24, 2.45) is 0 Å². The van der Waals surface area contributed by atoms with Crippen LogP contribution >= 0.6 is 0 Å². The quantitative estimate of drug-likeness (QED) is 0.0328. The predicted molar refractivity (Wildman–Crippen MR) is 232 cm³/mol. The number of aliphatic hydroxyl groups is 2. The summed E-state index contributed by atoms with van der Waals surface area (Å²) < 4.78 is 5.88. The molecule has 0 spiro atoms. The first-order chi connectivity index (χ1) is 26.5. The van der Waals surface area contributed by atoms with Gasteiger partial charge in [0.2, 0.25) is 5.91 Å². The van der Waals surface area contributed by atoms with Crippen LogP contribution in [0, 0.1) is 0 Å². The molecule has 3 unspecified atom stereocenters. The third-order valence-electron chi connectivity index (χ3n) is 10.5. The van der Waals surface area contributed by atoms with E-state index < -0.39 is 18.2 Å². The summed E-state index contributed by atoms with van der Waals surface area (Å²) in [5, 5.41) is 23.6. The van der Waals surface area contributed by atoms with Gasteiger partial charge < -0.3 is 20.3 Å². The fourth-order valence-corrected chi connectivity index (χ4v) is 6.97. The van der Waals surface area contributed by atoms with E-state index in [0.29, 0.717) is 19.3 Å². The molecule has 54 heavy (non-hydrogen) atoms. The zero-order chi connectivity index (χ0) is 39.6. The summed E-state index contributed by atoms with van der Waals surface area (Å²) in [5.41, 5.74) is 0.